The molecule has 0 radical (unpaired) electrons. The van der Waals surface area contributed by atoms with Crippen molar-refractivity contribution in [1.82, 2.24) is 14.9 Å². The fourth-order valence-electron chi connectivity index (χ4n) is 1.87. The van der Waals surface area contributed by atoms with Crippen molar-refractivity contribution < 1.29 is 0 Å². The highest BCUT2D eigenvalue weighted by Crippen LogP contribution is 2.09. The Hall–Kier alpha value is -2.12. The van der Waals surface area contributed by atoms with E-state index in [4.69, 9.17) is 5.26 Å². The van der Waals surface area contributed by atoms with Gasteiger partial charge in [-0.3, -0.25) is 0 Å². The molecule has 104 valence electrons. The lowest BCUT2D eigenvalue weighted by Crippen LogP contribution is -2.35. The van der Waals surface area contributed by atoms with E-state index < -0.39 is 0 Å². The third kappa shape index (κ3) is 3.94. The summed E-state index contributed by atoms with van der Waals surface area (Å²) in [6.45, 7) is 8.00. The Morgan fingerprint density at radius 1 is 1.25 bits per heavy atom. The van der Waals surface area contributed by atoms with Crippen molar-refractivity contribution in [1.29, 1.82) is 5.26 Å². The van der Waals surface area contributed by atoms with Crippen molar-refractivity contribution in [2.24, 2.45) is 0 Å². The van der Waals surface area contributed by atoms with Crippen LogP contribution in [0.1, 0.15) is 37.6 Å². The van der Waals surface area contributed by atoms with Crippen LogP contribution in [0.5, 0.6) is 0 Å². The maximum atomic E-state index is 8.80. The SMILES string of the molecule is CC(C)(C)NCc1cncn1Cc1ccc(C#N)cc1. The standard InChI is InChI=1S/C16H20N4/c1-16(2,3)19-10-15-9-18-12-20(15)11-14-6-4-13(8-17)5-7-14/h4-7,9,12,19H,10-11H2,1-3H3. The van der Waals surface area contributed by atoms with Crippen molar-refractivity contribution in [3.63, 3.8) is 0 Å². The lowest BCUT2D eigenvalue weighted by molar-refractivity contribution is 0.417. The van der Waals surface area contributed by atoms with Gasteiger partial charge >= 0.3 is 0 Å². The van der Waals surface area contributed by atoms with Crippen LogP contribution in [0.4, 0.5) is 0 Å². The lowest BCUT2D eigenvalue weighted by atomic mass is 10.1. The quantitative estimate of drug-likeness (QED) is 0.927. The van der Waals surface area contributed by atoms with E-state index in [1.165, 1.54) is 5.56 Å². The number of aromatic nitrogens is 2. The topological polar surface area (TPSA) is 53.6 Å². The monoisotopic (exact) mass is 268 g/mol. The summed E-state index contributed by atoms with van der Waals surface area (Å²) in [5.74, 6) is 0. The number of benzene rings is 1. The molecule has 0 atom stereocenters. The van der Waals surface area contributed by atoms with Crippen molar-refractivity contribution in [2.75, 3.05) is 0 Å². The summed E-state index contributed by atoms with van der Waals surface area (Å²) in [4.78, 5) is 4.22. The number of nitrogens with zero attached hydrogens (tertiary/aromatic N) is 3. The Bertz CT molecular complexity index is 597. The highest BCUT2D eigenvalue weighted by atomic mass is 15.1. The molecule has 0 spiro atoms. The Balaban J connectivity index is 2.06. The molecule has 2 aromatic rings. The Kier molecular flexibility index (Phi) is 4.21. The molecule has 0 bridgehead atoms. The fourth-order valence-corrected chi connectivity index (χ4v) is 1.87. The fraction of sp³-hybridized carbons (Fsp3) is 0.375. The maximum Gasteiger partial charge on any atom is 0.0991 e. The average molecular weight is 268 g/mol. The van der Waals surface area contributed by atoms with E-state index in [9.17, 15) is 0 Å². The summed E-state index contributed by atoms with van der Waals surface area (Å²) in [5, 5.41) is 12.3. The second-order valence-corrected chi connectivity index (χ2v) is 5.93. The average Bonchev–Trinajstić information content (AvgIpc) is 2.84. The number of imidazole rings is 1. The van der Waals surface area contributed by atoms with Crippen molar-refractivity contribution in [3.05, 3.63) is 53.6 Å². The molecule has 4 nitrogen and oxygen atoms in total. The second-order valence-electron chi connectivity index (χ2n) is 5.93. The van der Waals surface area contributed by atoms with Crippen LogP contribution in [0.25, 0.3) is 0 Å². The van der Waals surface area contributed by atoms with E-state index in [2.05, 4.69) is 41.7 Å². The van der Waals surface area contributed by atoms with E-state index in [1.54, 1.807) is 0 Å². The van der Waals surface area contributed by atoms with Crippen LogP contribution < -0.4 is 5.32 Å². The third-order valence-electron chi connectivity index (χ3n) is 3.03. The van der Waals surface area contributed by atoms with Gasteiger partial charge in [0.05, 0.1) is 23.7 Å². The van der Waals surface area contributed by atoms with Crippen molar-refractivity contribution >= 4 is 0 Å². The molecule has 0 aliphatic rings. The first-order chi connectivity index (χ1) is 9.48. The van der Waals surface area contributed by atoms with Gasteiger partial charge in [0.2, 0.25) is 0 Å². The lowest BCUT2D eigenvalue weighted by Gasteiger charge is -2.21. The minimum atomic E-state index is 0.0868. The van der Waals surface area contributed by atoms with Gasteiger partial charge in [0.25, 0.3) is 0 Å². The zero-order chi connectivity index (χ0) is 14.6. The molecule has 1 N–H and O–H groups in total. The summed E-state index contributed by atoms with van der Waals surface area (Å²) in [6, 6.07) is 9.80. The van der Waals surface area contributed by atoms with E-state index >= 15 is 0 Å². The first kappa shape index (κ1) is 14.3. The van der Waals surface area contributed by atoms with Crippen LogP contribution in [0.15, 0.2) is 36.8 Å². The number of hydrogen-bond acceptors (Lipinski definition) is 3. The van der Waals surface area contributed by atoms with Gasteiger partial charge in [-0.2, -0.15) is 5.26 Å². The molecule has 1 aromatic heterocycles. The molecule has 0 fully saturated rings. The van der Waals surface area contributed by atoms with Crippen LogP contribution in [-0.2, 0) is 13.1 Å². The van der Waals surface area contributed by atoms with E-state index in [1.807, 2.05) is 36.8 Å². The first-order valence-electron chi connectivity index (χ1n) is 6.71. The molecule has 1 aromatic carbocycles. The van der Waals surface area contributed by atoms with Crippen LogP contribution in [-0.4, -0.2) is 15.1 Å². The molecule has 0 unspecified atom stereocenters. The Labute approximate surface area is 120 Å². The van der Waals surface area contributed by atoms with E-state index in [-0.39, 0.29) is 5.54 Å². The minimum absolute atomic E-state index is 0.0868. The van der Waals surface area contributed by atoms with Gasteiger partial charge < -0.3 is 9.88 Å². The van der Waals surface area contributed by atoms with E-state index in [0.29, 0.717) is 5.56 Å². The minimum Gasteiger partial charge on any atom is -0.329 e. The highest BCUT2D eigenvalue weighted by molar-refractivity contribution is 5.31. The van der Waals surface area contributed by atoms with Gasteiger partial charge in [0.1, 0.15) is 0 Å². The van der Waals surface area contributed by atoms with Crippen molar-refractivity contribution in [2.45, 2.75) is 39.4 Å². The van der Waals surface area contributed by atoms with E-state index in [0.717, 1.165) is 18.8 Å². The summed E-state index contributed by atoms with van der Waals surface area (Å²) in [6.07, 6.45) is 3.74. The van der Waals surface area contributed by atoms with Gasteiger partial charge in [0.15, 0.2) is 0 Å². The number of nitriles is 1. The predicted molar refractivity (Wildman–Crippen MR) is 79.1 cm³/mol. The molecule has 20 heavy (non-hydrogen) atoms. The zero-order valence-electron chi connectivity index (χ0n) is 12.2. The molecule has 2 rings (SSSR count). The number of hydrogen-bond donors (Lipinski definition) is 1. The highest BCUT2D eigenvalue weighted by Gasteiger charge is 2.10. The first-order valence-corrected chi connectivity index (χ1v) is 6.71. The summed E-state index contributed by atoms with van der Waals surface area (Å²) in [5.41, 5.74) is 3.10. The smallest absolute Gasteiger partial charge is 0.0991 e. The number of rotatable bonds is 4. The summed E-state index contributed by atoms with van der Waals surface area (Å²) >= 11 is 0. The second kappa shape index (κ2) is 5.89. The summed E-state index contributed by atoms with van der Waals surface area (Å²) in [7, 11) is 0. The largest absolute Gasteiger partial charge is 0.329 e. The maximum absolute atomic E-state index is 8.80. The molecule has 1 heterocycles. The molecule has 0 aliphatic carbocycles. The van der Waals surface area contributed by atoms with Crippen LogP contribution in [0.2, 0.25) is 0 Å². The zero-order valence-corrected chi connectivity index (χ0v) is 12.2. The Morgan fingerprint density at radius 3 is 2.55 bits per heavy atom. The van der Waals surface area contributed by atoms with Gasteiger partial charge in [0, 0.05) is 24.8 Å². The molecule has 4 heteroatoms. The normalized spacial score (nSPS) is 11.3. The van der Waals surface area contributed by atoms with Crippen LogP contribution in [0, 0.1) is 11.3 Å². The molecular formula is C16H20N4. The molecule has 0 saturated carbocycles. The predicted octanol–water partition coefficient (Wildman–Crippen LogP) is 2.69. The van der Waals surface area contributed by atoms with Crippen LogP contribution in [0.3, 0.4) is 0 Å². The van der Waals surface area contributed by atoms with Gasteiger partial charge in [-0.1, -0.05) is 12.1 Å². The molecule has 0 saturated heterocycles. The molecule has 0 aliphatic heterocycles. The van der Waals surface area contributed by atoms with Gasteiger partial charge in [-0.25, -0.2) is 4.98 Å². The van der Waals surface area contributed by atoms with Gasteiger partial charge in [-0.15, -0.1) is 0 Å². The van der Waals surface area contributed by atoms with Crippen LogP contribution >= 0.6 is 0 Å². The van der Waals surface area contributed by atoms with Gasteiger partial charge in [-0.05, 0) is 38.5 Å². The van der Waals surface area contributed by atoms with Crippen molar-refractivity contribution in [3.8, 4) is 6.07 Å². The molecule has 0 amide bonds. The Morgan fingerprint density at radius 2 is 1.95 bits per heavy atom. The number of nitrogens with one attached hydrogen (secondary N) is 1. The molecular weight excluding hydrogens is 248 g/mol. The summed E-state index contributed by atoms with van der Waals surface area (Å²) < 4.78 is 2.13. The third-order valence-corrected chi connectivity index (χ3v) is 3.03.